The molecule has 1 aliphatic heterocycles. The molecule has 2 heterocycles. The van der Waals surface area contributed by atoms with Crippen LogP contribution in [0.5, 0.6) is 11.5 Å². The monoisotopic (exact) mass is 430 g/mol. The van der Waals surface area contributed by atoms with Gasteiger partial charge in [0.25, 0.3) is 0 Å². The van der Waals surface area contributed by atoms with E-state index in [1.54, 1.807) is 48.5 Å². The lowest BCUT2D eigenvalue weighted by atomic mass is 9.95. The van der Waals surface area contributed by atoms with Crippen molar-refractivity contribution < 1.29 is 27.4 Å². The van der Waals surface area contributed by atoms with Gasteiger partial charge in [-0.25, -0.2) is 9.48 Å². The van der Waals surface area contributed by atoms with Gasteiger partial charge in [-0.05, 0) is 36.8 Å². The van der Waals surface area contributed by atoms with Crippen LogP contribution in [0.25, 0.3) is 0 Å². The van der Waals surface area contributed by atoms with E-state index in [0.717, 1.165) is 6.33 Å². The summed E-state index contributed by atoms with van der Waals surface area (Å²) in [5, 5.41) is 6.20. The number of ether oxygens (including phenoxy) is 2. The van der Waals surface area contributed by atoms with Crippen LogP contribution >= 0.6 is 0 Å². The molecule has 3 aromatic rings. The third-order valence-electron chi connectivity index (χ3n) is 4.53. The molecule has 1 aliphatic rings. The van der Waals surface area contributed by atoms with Crippen molar-refractivity contribution in [3.8, 4) is 11.5 Å². The first-order chi connectivity index (χ1) is 14.9. The van der Waals surface area contributed by atoms with E-state index in [1.165, 1.54) is 11.6 Å². The lowest BCUT2D eigenvalue weighted by Gasteiger charge is -2.30. The number of hydrogen-bond donors (Lipinski definition) is 1. The van der Waals surface area contributed by atoms with Crippen molar-refractivity contribution in [2.24, 2.45) is 0 Å². The number of halogens is 3. The van der Waals surface area contributed by atoms with Crippen LogP contribution in [0, 0.1) is 0 Å². The van der Waals surface area contributed by atoms with Crippen LogP contribution in [0.15, 0.2) is 72.2 Å². The molecule has 0 unspecified atom stereocenters. The van der Waals surface area contributed by atoms with E-state index >= 15 is 0 Å². The highest BCUT2D eigenvalue weighted by molar-refractivity contribution is 5.92. The summed E-state index contributed by atoms with van der Waals surface area (Å²) < 4.78 is 53.5. The van der Waals surface area contributed by atoms with Crippen LogP contribution in [0.4, 0.5) is 19.1 Å². The van der Waals surface area contributed by atoms with Crippen molar-refractivity contribution in [1.82, 2.24) is 14.8 Å². The molecule has 0 saturated carbocycles. The number of benzene rings is 2. The standard InChI is InChI=1S/C21H17F3N4O3/c1-2-30-19(29)16-17(28-20(25-12-26-28)27-18(16)21(22,23)24)13-7-6-10-15(11-13)31-14-8-4-3-5-9-14/h3-12,17H,2H2,1H3,(H,25,26,27)/t17-/m0/s1. The van der Waals surface area contributed by atoms with Crippen molar-refractivity contribution in [3.05, 3.63) is 77.8 Å². The van der Waals surface area contributed by atoms with E-state index in [0.29, 0.717) is 17.1 Å². The molecule has 2 aromatic carbocycles. The number of aromatic nitrogens is 3. The van der Waals surface area contributed by atoms with Gasteiger partial charge in [-0.2, -0.15) is 23.3 Å². The number of hydrogen-bond acceptors (Lipinski definition) is 6. The molecule has 1 atom stereocenters. The van der Waals surface area contributed by atoms with Crippen LogP contribution in [0.3, 0.4) is 0 Å². The Bertz CT molecular complexity index is 1130. The smallest absolute Gasteiger partial charge is 0.431 e. The predicted molar refractivity (Wildman–Crippen MR) is 104 cm³/mol. The molecule has 0 radical (unpaired) electrons. The van der Waals surface area contributed by atoms with Crippen LogP contribution < -0.4 is 10.1 Å². The molecule has 160 valence electrons. The molecule has 0 bridgehead atoms. The number of carbonyl (C=O) groups is 1. The van der Waals surface area contributed by atoms with Crippen LogP contribution in [-0.4, -0.2) is 33.5 Å². The maximum absolute atomic E-state index is 13.8. The number of para-hydroxylation sites is 1. The van der Waals surface area contributed by atoms with Crippen molar-refractivity contribution in [2.45, 2.75) is 19.1 Å². The van der Waals surface area contributed by atoms with Gasteiger partial charge >= 0.3 is 12.1 Å². The second-order valence-corrected chi connectivity index (χ2v) is 6.55. The van der Waals surface area contributed by atoms with Gasteiger partial charge in [0.2, 0.25) is 5.95 Å². The predicted octanol–water partition coefficient (Wildman–Crippen LogP) is 4.46. The molecular formula is C21H17F3N4O3. The normalized spacial score (nSPS) is 15.8. The zero-order valence-corrected chi connectivity index (χ0v) is 16.3. The Morgan fingerprint density at radius 3 is 2.58 bits per heavy atom. The molecule has 7 nitrogen and oxygen atoms in total. The Balaban J connectivity index is 1.83. The van der Waals surface area contributed by atoms with E-state index in [1.807, 2.05) is 6.07 Å². The molecule has 0 fully saturated rings. The fourth-order valence-corrected chi connectivity index (χ4v) is 3.29. The SMILES string of the molecule is CCOC(=O)C1=C(C(F)(F)F)Nc2ncnn2[C@H]1c1cccc(Oc2ccccc2)c1. The summed E-state index contributed by atoms with van der Waals surface area (Å²) in [6.07, 6.45) is -3.72. The number of nitrogens with zero attached hydrogens (tertiary/aromatic N) is 3. The van der Waals surface area contributed by atoms with Crippen LogP contribution in [0.1, 0.15) is 18.5 Å². The molecule has 31 heavy (non-hydrogen) atoms. The minimum absolute atomic E-state index is 0.0818. The number of rotatable bonds is 5. The Hall–Kier alpha value is -3.82. The van der Waals surface area contributed by atoms with Gasteiger partial charge in [0.05, 0.1) is 12.2 Å². The second kappa shape index (κ2) is 8.13. The molecule has 4 rings (SSSR count). The van der Waals surface area contributed by atoms with Gasteiger partial charge in [-0.15, -0.1) is 0 Å². The van der Waals surface area contributed by atoms with E-state index in [-0.39, 0.29) is 12.6 Å². The topological polar surface area (TPSA) is 78.3 Å². The lowest BCUT2D eigenvalue weighted by Crippen LogP contribution is -2.35. The van der Waals surface area contributed by atoms with Gasteiger partial charge in [0.1, 0.15) is 29.6 Å². The van der Waals surface area contributed by atoms with E-state index < -0.39 is 29.5 Å². The van der Waals surface area contributed by atoms with Gasteiger partial charge in [0.15, 0.2) is 0 Å². The Kier molecular flexibility index (Phi) is 5.37. The molecule has 0 aliphatic carbocycles. The Labute approximate surface area is 175 Å². The number of anilines is 1. The van der Waals surface area contributed by atoms with Crippen molar-refractivity contribution >= 4 is 11.9 Å². The summed E-state index contributed by atoms with van der Waals surface area (Å²) in [4.78, 5) is 16.5. The first kappa shape index (κ1) is 20.5. The fourth-order valence-electron chi connectivity index (χ4n) is 3.29. The number of fused-ring (bicyclic) bond motifs is 1. The summed E-state index contributed by atoms with van der Waals surface area (Å²) in [6, 6.07) is 14.1. The van der Waals surface area contributed by atoms with Crippen LogP contribution in [-0.2, 0) is 9.53 Å². The number of allylic oxidation sites excluding steroid dienone is 1. The van der Waals surface area contributed by atoms with Gasteiger partial charge in [-0.3, -0.25) is 0 Å². The molecule has 0 amide bonds. The molecule has 1 aromatic heterocycles. The first-order valence-corrected chi connectivity index (χ1v) is 9.36. The third kappa shape index (κ3) is 4.09. The highest BCUT2D eigenvalue weighted by Crippen LogP contribution is 2.41. The quantitative estimate of drug-likeness (QED) is 0.602. The average molecular weight is 430 g/mol. The van der Waals surface area contributed by atoms with E-state index in [4.69, 9.17) is 9.47 Å². The average Bonchev–Trinajstić information content (AvgIpc) is 3.21. The number of nitrogens with one attached hydrogen (secondary N) is 1. The number of alkyl halides is 3. The number of carbonyl (C=O) groups excluding carboxylic acids is 1. The summed E-state index contributed by atoms with van der Waals surface area (Å²) in [7, 11) is 0. The molecule has 0 spiro atoms. The van der Waals surface area contributed by atoms with Gasteiger partial charge in [-0.1, -0.05) is 30.3 Å². The minimum atomic E-state index is -4.84. The Morgan fingerprint density at radius 1 is 1.13 bits per heavy atom. The summed E-state index contributed by atoms with van der Waals surface area (Å²) >= 11 is 0. The molecular weight excluding hydrogens is 413 g/mol. The maximum atomic E-state index is 13.8. The minimum Gasteiger partial charge on any atom is -0.463 e. The fraction of sp³-hybridized carbons (Fsp3) is 0.190. The second-order valence-electron chi connectivity index (χ2n) is 6.55. The van der Waals surface area contributed by atoms with Gasteiger partial charge < -0.3 is 14.8 Å². The largest absolute Gasteiger partial charge is 0.463 e. The van der Waals surface area contributed by atoms with E-state index in [9.17, 15) is 18.0 Å². The summed E-state index contributed by atoms with van der Waals surface area (Å²) in [5.41, 5.74) is -1.48. The molecule has 10 heteroatoms. The molecule has 0 saturated heterocycles. The zero-order valence-electron chi connectivity index (χ0n) is 16.3. The zero-order chi connectivity index (χ0) is 22.0. The summed E-state index contributed by atoms with van der Waals surface area (Å²) in [5.74, 6) is -0.285. The van der Waals surface area contributed by atoms with Crippen LogP contribution in [0.2, 0.25) is 0 Å². The number of esters is 1. The lowest BCUT2D eigenvalue weighted by molar-refractivity contribution is -0.140. The highest BCUT2D eigenvalue weighted by atomic mass is 19.4. The summed E-state index contributed by atoms with van der Waals surface area (Å²) in [6.45, 7) is 1.44. The van der Waals surface area contributed by atoms with Crippen molar-refractivity contribution in [1.29, 1.82) is 0 Å². The van der Waals surface area contributed by atoms with Gasteiger partial charge in [0, 0.05) is 0 Å². The molecule has 1 N–H and O–H groups in total. The maximum Gasteiger partial charge on any atom is 0.431 e. The van der Waals surface area contributed by atoms with Crippen molar-refractivity contribution in [3.63, 3.8) is 0 Å². The highest BCUT2D eigenvalue weighted by Gasteiger charge is 2.46. The van der Waals surface area contributed by atoms with E-state index in [2.05, 4.69) is 15.4 Å². The Morgan fingerprint density at radius 2 is 1.87 bits per heavy atom. The first-order valence-electron chi connectivity index (χ1n) is 9.36. The third-order valence-corrected chi connectivity index (χ3v) is 4.53. The van der Waals surface area contributed by atoms with Crippen molar-refractivity contribution in [2.75, 3.05) is 11.9 Å².